The monoisotopic (exact) mass is 372 g/mol. The predicted octanol–water partition coefficient (Wildman–Crippen LogP) is 0.932. The number of hydrogen-bond donors (Lipinski definition) is 0. The first kappa shape index (κ1) is 25.4. The van der Waals surface area contributed by atoms with Crippen LogP contribution in [0.15, 0.2) is 0 Å². The maximum Gasteiger partial charge on any atom is 0.506 e. The second kappa shape index (κ2) is 18.5. The van der Waals surface area contributed by atoms with Gasteiger partial charge >= 0.3 is 8.80 Å². The van der Waals surface area contributed by atoms with Crippen LogP contribution in [0.1, 0.15) is 34.1 Å². The van der Waals surface area contributed by atoms with E-state index in [-0.39, 0.29) is 31.3 Å². The highest BCUT2D eigenvalue weighted by molar-refractivity contribution is 6.60. The zero-order valence-corrected chi connectivity index (χ0v) is 15.4. The summed E-state index contributed by atoms with van der Waals surface area (Å²) in [6, 6.07) is 0.709. The van der Waals surface area contributed by atoms with Gasteiger partial charge in [0.2, 0.25) is 0 Å². The number of ether oxygens (including phenoxy) is 4. The van der Waals surface area contributed by atoms with Crippen LogP contribution in [0.2, 0.25) is 6.04 Å². The highest BCUT2D eigenvalue weighted by Gasteiger charge is 2.41. The molecule has 1 saturated heterocycles. The van der Waals surface area contributed by atoms with Gasteiger partial charge in [-0.05, 0) is 31.7 Å². The molecular weight excluding hydrogens is 336 g/mol. The summed E-state index contributed by atoms with van der Waals surface area (Å²) in [6.45, 7) is 12.1. The van der Waals surface area contributed by atoms with Crippen molar-refractivity contribution in [2.45, 2.75) is 40.2 Å². The first-order chi connectivity index (χ1) is 10.7. The van der Waals surface area contributed by atoms with Crippen molar-refractivity contribution in [3.63, 3.8) is 0 Å². The maximum atomic E-state index is 5.72. The minimum atomic E-state index is -2.78. The van der Waals surface area contributed by atoms with Crippen molar-refractivity contribution in [3.8, 4) is 0 Å². The number of epoxide rings is 1. The molecule has 1 aliphatic heterocycles. The van der Waals surface area contributed by atoms with Gasteiger partial charge in [-0.15, -0.1) is 0 Å². The Morgan fingerprint density at radius 2 is 1.09 bits per heavy atom. The molecule has 1 fully saturated rings. The first-order valence-corrected chi connectivity index (χ1v) is 9.90. The SMILES string of the molecule is C1CO1.CCC[Si](OCOCC)(OCOCC)OCOCC.[SiH4]. The molecule has 0 N–H and O–H groups in total. The molecule has 9 heteroatoms. The van der Waals surface area contributed by atoms with E-state index in [1.54, 1.807) is 0 Å². The van der Waals surface area contributed by atoms with Gasteiger partial charge in [-0.1, -0.05) is 13.3 Å². The van der Waals surface area contributed by atoms with Gasteiger partial charge in [0, 0.05) is 25.9 Å². The third-order valence-electron chi connectivity index (χ3n) is 2.46. The predicted molar refractivity (Wildman–Crippen MR) is 95.7 cm³/mol. The summed E-state index contributed by atoms with van der Waals surface area (Å²) < 4.78 is 37.3. The second-order valence-corrected chi connectivity index (χ2v) is 7.04. The van der Waals surface area contributed by atoms with E-state index in [2.05, 4.69) is 11.7 Å². The van der Waals surface area contributed by atoms with Crippen molar-refractivity contribution < 1.29 is 32.2 Å². The largest absolute Gasteiger partial charge is 0.506 e. The van der Waals surface area contributed by atoms with E-state index >= 15 is 0 Å². The lowest BCUT2D eigenvalue weighted by atomic mass is 10.6. The molecular formula is C14H36O7Si2. The molecule has 7 nitrogen and oxygen atoms in total. The summed E-state index contributed by atoms with van der Waals surface area (Å²) in [4.78, 5) is 0. The number of hydrogen-bond acceptors (Lipinski definition) is 7. The Balaban J connectivity index is 0. The Kier molecular flexibility index (Phi) is 20.4. The molecule has 1 rings (SSSR count). The van der Waals surface area contributed by atoms with Crippen molar-refractivity contribution >= 4 is 19.8 Å². The smallest absolute Gasteiger partial charge is 0.377 e. The van der Waals surface area contributed by atoms with Crippen molar-refractivity contribution in [1.82, 2.24) is 0 Å². The van der Waals surface area contributed by atoms with Crippen LogP contribution < -0.4 is 0 Å². The van der Waals surface area contributed by atoms with Gasteiger partial charge in [-0.3, -0.25) is 0 Å². The Labute approximate surface area is 146 Å². The normalized spacial score (nSPS) is 13.0. The quantitative estimate of drug-likeness (QED) is 0.194. The van der Waals surface area contributed by atoms with Gasteiger partial charge in [0.25, 0.3) is 0 Å². The molecule has 0 bridgehead atoms. The first-order valence-electron chi connectivity index (χ1n) is 7.97. The van der Waals surface area contributed by atoms with E-state index in [9.17, 15) is 0 Å². The Morgan fingerprint density at radius 1 is 0.739 bits per heavy atom. The van der Waals surface area contributed by atoms with Crippen LogP contribution in [0, 0.1) is 0 Å². The molecule has 0 atom stereocenters. The lowest BCUT2D eigenvalue weighted by molar-refractivity contribution is -0.100. The molecule has 0 saturated carbocycles. The van der Waals surface area contributed by atoms with Crippen LogP contribution in [0.4, 0.5) is 0 Å². The van der Waals surface area contributed by atoms with Crippen LogP contribution in [0.5, 0.6) is 0 Å². The van der Waals surface area contributed by atoms with Crippen LogP contribution in [0.25, 0.3) is 0 Å². The second-order valence-electron chi connectivity index (χ2n) is 4.31. The standard InChI is InChI=1S/C12H28O6Si.C2H4O.H4Si/c1-5-9-19(16-10-13-6-2,17-11-14-7-3)18-12-15-8-4;1-2-3-1;/h5-12H2,1-4H3;1-2H2;1H4. The molecule has 0 aliphatic carbocycles. The summed E-state index contributed by atoms with van der Waals surface area (Å²) >= 11 is 0. The van der Waals surface area contributed by atoms with Crippen molar-refractivity contribution in [2.24, 2.45) is 0 Å². The summed E-state index contributed by atoms with van der Waals surface area (Å²) in [5.74, 6) is 0. The van der Waals surface area contributed by atoms with Crippen molar-refractivity contribution in [1.29, 1.82) is 0 Å². The molecule has 0 aromatic heterocycles. The van der Waals surface area contributed by atoms with Gasteiger partial charge in [-0.25, -0.2) is 0 Å². The Morgan fingerprint density at radius 3 is 1.30 bits per heavy atom. The third kappa shape index (κ3) is 16.8. The molecule has 1 heterocycles. The summed E-state index contributed by atoms with van der Waals surface area (Å²) in [5.41, 5.74) is 0. The molecule has 0 spiro atoms. The highest BCUT2D eigenvalue weighted by Crippen LogP contribution is 2.18. The molecule has 0 unspecified atom stereocenters. The van der Waals surface area contributed by atoms with Gasteiger partial charge in [0.1, 0.15) is 20.4 Å². The minimum Gasteiger partial charge on any atom is -0.377 e. The fourth-order valence-corrected chi connectivity index (χ4v) is 3.38. The third-order valence-corrected chi connectivity index (χ3v) is 5.24. The summed E-state index contributed by atoms with van der Waals surface area (Å²) in [7, 11) is -2.78. The van der Waals surface area contributed by atoms with Crippen LogP contribution in [0.3, 0.4) is 0 Å². The van der Waals surface area contributed by atoms with E-state index in [1.165, 1.54) is 0 Å². The molecule has 142 valence electrons. The van der Waals surface area contributed by atoms with Gasteiger partial charge < -0.3 is 32.2 Å². The topological polar surface area (TPSA) is 67.9 Å². The van der Waals surface area contributed by atoms with E-state index < -0.39 is 8.80 Å². The van der Waals surface area contributed by atoms with E-state index in [4.69, 9.17) is 27.5 Å². The zero-order chi connectivity index (χ0) is 16.5. The van der Waals surface area contributed by atoms with Gasteiger partial charge in [-0.2, -0.15) is 0 Å². The van der Waals surface area contributed by atoms with E-state index in [0.29, 0.717) is 25.9 Å². The molecule has 0 aromatic rings. The lowest BCUT2D eigenvalue weighted by Crippen LogP contribution is -2.47. The molecule has 0 aromatic carbocycles. The van der Waals surface area contributed by atoms with Gasteiger partial charge in [0.05, 0.1) is 13.2 Å². The minimum absolute atomic E-state index is 0. The van der Waals surface area contributed by atoms with E-state index in [0.717, 1.165) is 19.6 Å². The average molecular weight is 373 g/mol. The Bertz CT molecular complexity index is 204. The highest BCUT2D eigenvalue weighted by atomic mass is 28.4. The fourth-order valence-electron chi connectivity index (χ4n) is 1.29. The van der Waals surface area contributed by atoms with Crippen LogP contribution in [-0.4, -0.2) is 73.2 Å². The van der Waals surface area contributed by atoms with Crippen LogP contribution >= 0.6 is 0 Å². The van der Waals surface area contributed by atoms with Gasteiger partial charge in [0.15, 0.2) is 0 Å². The van der Waals surface area contributed by atoms with Crippen LogP contribution in [-0.2, 0) is 32.2 Å². The molecule has 23 heavy (non-hydrogen) atoms. The molecule has 0 amide bonds. The zero-order valence-electron chi connectivity index (χ0n) is 14.4. The van der Waals surface area contributed by atoms with E-state index in [1.807, 2.05) is 20.8 Å². The van der Waals surface area contributed by atoms with Crippen molar-refractivity contribution in [2.75, 3.05) is 53.4 Å². The summed E-state index contributed by atoms with van der Waals surface area (Å²) in [6.07, 6.45) is 0.899. The lowest BCUT2D eigenvalue weighted by Gasteiger charge is -2.28. The maximum absolute atomic E-state index is 5.72. The molecule has 0 radical (unpaired) electrons. The molecule has 1 aliphatic rings. The Hall–Kier alpha value is 0.154. The fraction of sp³-hybridized carbons (Fsp3) is 1.00. The average Bonchev–Trinajstić information content (AvgIpc) is 3.37. The summed E-state index contributed by atoms with van der Waals surface area (Å²) in [5, 5.41) is 0. The van der Waals surface area contributed by atoms with Crippen molar-refractivity contribution in [3.05, 3.63) is 0 Å². The number of rotatable bonds is 14.